The van der Waals surface area contributed by atoms with Gasteiger partial charge >= 0.3 is 5.97 Å². The first-order chi connectivity index (χ1) is 18.1. The molecule has 0 amide bonds. The molecule has 0 unspecified atom stereocenters. The number of aliphatic carboxylic acids is 1. The minimum atomic E-state index is -0.995. The molecule has 202 valence electrons. The van der Waals surface area contributed by atoms with E-state index >= 15 is 0 Å². The fourth-order valence-corrected chi connectivity index (χ4v) is 3.68. The predicted octanol–water partition coefficient (Wildman–Crippen LogP) is -1.35. The predicted molar refractivity (Wildman–Crippen MR) is 136 cm³/mol. The first kappa shape index (κ1) is 26.4. The van der Waals surface area contributed by atoms with Crippen LogP contribution in [0, 0.1) is 6.92 Å². The molecule has 4 rings (SSSR count). The number of anilines is 5. The van der Waals surface area contributed by atoms with Crippen molar-refractivity contribution < 1.29 is 19.4 Å². The van der Waals surface area contributed by atoms with Gasteiger partial charge in [-0.15, -0.1) is 0 Å². The van der Waals surface area contributed by atoms with Gasteiger partial charge in [0.15, 0.2) is 0 Å². The Morgan fingerprint density at radius 1 is 0.730 bits per heavy atom. The summed E-state index contributed by atoms with van der Waals surface area (Å²) in [6, 6.07) is 0. The van der Waals surface area contributed by atoms with Gasteiger partial charge in [0.25, 0.3) is 0 Å². The van der Waals surface area contributed by atoms with Gasteiger partial charge in [-0.1, -0.05) is 0 Å². The number of nitrogens with zero attached hydrogens (tertiary/aromatic N) is 8. The maximum Gasteiger partial charge on any atom is 0.322 e. The Morgan fingerprint density at radius 2 is 1.22 bits per heavy atom. The monoisotopic (exact) mass is 518 g/mol. The van der Waals surface area contributed by atoms with Crippen LogP contribution in [0.25, 0.3) is 0 Å². The van der Waals surface area contributed by atoms with E-state index in [1.54, 1.807) is 0 Å². The molecule has 37 heavy (non-hydrogen) atoms. The molecule has 16 heteroatoms. The maximum absolute atomic E-state index is 10.9. The molecule has 0 bridgehead atoms. The number of aromatic nitrogens is 6. The number of hydrogen-bond donors (Lipinski definition) is 5. The first-order valence-electron chi connectivity index (χ1n) is 12.3. The highest BCUT2D eigenvalue weighted by Crippen LogP contribution is 2.15. The summed E-state index contributed by atoms with van der Waals surface area (Å²) in [5.74, 6) is 1.96. The highest BCUT2D eigenvalue weighted by molar-refractivity contribution is 5.72. The van der Waals surface area contributed by atoms with E-state index in [1.807, 2.05) is 11.8 Å². The second kappa shape index (κ2) is 13.6. The Hall–Kier alpha value is -3.63. The number of carbonyl (C=O) groups is 1. The molecular formula is C21H34N12O4. The average molecular weight is 519 g/mol. The number of ether oxygens (including phenoxy) is 2. The standard InChI is InChI=1S/C21H34N12O4/c1-15-26-17(29-20(27-15)32-6-10-36-11-7-32)23-4-2-22-3-5-24-18-28-19(25-14-16(34)35)31-21(30-18)33-8-12-37-13-9-33/h22H,2-14H2,1H3,(H,34,35)(H,23,26,27,29)(H2,24,25,28,30,31). The van der Waals surface area contributed by atoms with Crippen molar-refractivity contribution in [2.45, 2.75) is 6.92 Å². The zero-order valence-corrected chi connectivity index (χ0v) is 20.9. The van der Waals surface area contributed by atoms with Crippen LogP contribution in [0.1, 0.15) is 5.82 Å². The van der Waals surface area contributed by atoms with Gasteiger partial charge in [-0.2, -0.15) is 29.9 Å². The largest absolute Gasteiger partial charge is 0.480 e. The van der Waals surface area contributed by atoms with Gasteiger partial charge in [0.1, 0.15) is 12.4 Å². The summed E-state index contributed by atoms with van der Waals surface area (Å²) in [7, 11) is 0. The Kier molecular flexibility index (Phi) is 9.73. The third-order valence-electron chi connectivity index (χ3n) is 5.51. The number of aryl methyl sites for hydroxylation is 1. The van der Waals surface area contributed by atoms with Crippen molar-refractivity contribution in [3.05, 3.63) is 5.82 Å². The molecule has 0 saturated carbocycles. The molecule has 5 N–H and O–H groups in total. The summed E-state index contributed by atoms with van der Waals surface area (Å²) in [5.41, 5.74) is 0. The van der Waals surface area contributed by atoms with E-state index in [2.05, 4.69) is 56.1 Å². The van der Waals surface area contributed by atoms with Gasteiger partial charge in [0.2, 0.25) is 29.7 Å². The molecule has 2 fully saturated rings. The second-order valence-electron chi connectivity index (χ2n) is 8.34. The van der Waals surface area contributed by atoms with Crippen LogP contribution in [-0.4, -0.2) is 126 Å². The molecule has 4 heterocycles. The lowest BCUT2D eigenvalue weighted by atomic mass is 10.4. The van der Waals surface area contributed by atoms with E-state index in [9.17, 15) is 4.79 Å². The topological polar surface area (TPSA) is 188 Å². The lowest BCUT2D eigenvalue weighted by molar-refractivity contribution is -0.134. The molecule has 16 nitrogen and oxygen atoms in total. The molecule has 2 aliphatic heterocycles. The van der Waals surface area contributed by atoms with E-state index < -0.39 is 5.97 Å². The third-order valence-corrected chi connectivity index (χ3v) is 5.51. The fraction of sp³-hybridized carbons (Fsp3) is 0.667. The summed E-state index contributed by atoms with van der Waals surface area (Å²) in [5, 5.41) is 21.4. The number of hydrogen-bond acceptors (Lipinski definition) is 15. The molecule has 2 saturated heterocycles. The van der Waals surface area contributed by atoms with E-state index in [0.717, 1.165) is 13.1 Å². The quantitative estimate of drug-likeness (QED) is 0.196. The summed E-state index contributed by atoms with van der Waals surface area (Å²) in [6.45, 7) is 9.50. The Bertz CT molecular complexity index is 1020. The Labute approximate surface area is 214 Å². The highest BCUT2D eigenvalue weighted by atomic mass is 16.5. The van der Waals surface area contributed by atoms with Crippen LogP contribution < -0.4 is 31.1 Å². The van der Waals surface area contributed by atoms with E-state index in [4.69, 9.17) is 14.6 Å². The zero-order valence-electron chi connectivity index (χ0n) is 20.9. The minimum absolute atomic E-state index is 0.211. The number of morpholine rings is 2. The molecule has 2 aromatic rings. The number of carboxylic acid groups (broad SMARTS) is 1. The lowest BCUT2D eigenvalue weighted by Crippen LogP contribution is -2.37. The van der Waals surface area contributed by atoms with Crippen molar-refractivity contribution in [3.8, 4) is 0 Å². The molecule has 0 aromatic carbocycles. The van der Waals surface area contributed by atoms with Crippen molar-refractivity contribution in [3.63, 3.8) is 0 Å². The average Bonchev–Trinajstić information content (AvgIpc) is 2.92. The molecule has 0 atom stereocenters. The van der Waals surface area contributed by atoms with Crippen molar-refractivity contribution in [2.24, 2.45) is 0 Å². The van der Waals surface area contributed by atoms with Crippen LogP contribution in [0.5, 0.6) is 0 Å². The summed E-state index contributed by atoms with van der Waals surface area (Å²) in [6.07, 6.45) is 0. The van der Waals surface area contributed by atoms with E-state index in [-0.39, 0.29) is 12.5 Å². The van der Waals surface area contributed by atoms with Gasteiger partial charge in [-0.25, -0.2) is 0 Å². The maximum atomic E-state index is 10.9. The number of nitrogens with one attached hydrogen (secondary N) is 4. The van der Waals surface area contributed by atoms with Crippen LogP contribution in [0.2, 0.25) is 0 Å². The first-order valence-corrected chi connectivity index (χ1v) is 12.3. The second-order valence-corrected chi connectivity index (χ2v) is 8.34. The van der Waals surface area contributed by atoms with Crippen LogP contribution in [0.4, 0.5) is 29.7 Å². The normalized spacial score (nSPS) is 15.9. The molecule has 2 aromatic heterocycles. The van der Waals surface area contributed by atoms with Gasteiger partial charge in [0.05, 0.1) is 26.4 Å². The summed E-state index contributed by atoms with van der Waals surface area (Å²) < 4.78 is 10.8. The van der Waals surface area contributed by atoms with Gasteiger partial charge in [0, 0.05) is 52.4 Å². The SMILES string of the molecule is Cc1nc(NCCNCCNc2nc(NCC(=O)O)nc(N3CCOCC3)n2)nc(N2CCOCC2)n1. The van der Waals surface area contributed by atoms with Crippen molar-refractivity contribution in [1.82, 2.24) is 35.2 Å². The molecule has 2 aliphatic rings. The molecule has 0 aliphatic carbocycles. The number of carboxylic acids is 1. The van der Waals surface area contributed by atoms with Gasteiger partial charge < -0.3 is 45.6 Å². The van der Waals surface area contributed by atoms with Crippen molar-refractivity contribution in [1.29, 1.82) is 0 Å². The van der Waals surface area contributed by atoms with Crippen LogP contribution >= 0.6 is 0 Å². The lowest BCUT2D eigenvalue weighted by Gasteiger charge is -2.27. The highest BCUT2D eigenvalue weighted by Gasteiger charge is 2.17. The van der Waals surface area contributed by atoms with Crippen molar-refractivity contribution >= 4 is 35.7 Å². The van der Waals surface area contributed by atoms with Crippen LogP contribution in [-0.2, 0) is 14.3 Å². The van der Waals surface area contributed by atoms with Crippen LogP contribution in [0.15, 0.2) is 0 Å². The van der Waals surface area contributed by atoms with E-state index in [0.29, 0.717) is 95.3 Å². The molecule has 0 spiro atoms. The Balaban J connectivity index is 1.21. The smallest absolute Gasteiger partial charge is 0.322 e. The summed E-state index contributed by atoms with van der Waals surface area (Å²) >= 11 is 0. The van der Waals surface area contributed by atoms with E-state index in [1.165, 1.54) is 0 Å². The van der Waals surface area contributed by atoms with Crippen molar-refractivity contribution in [2.75, 3.05) is 111 Å². The third kappa shape index (κ3) is 8.47. The fourth-order valence-electron chi connectivity index (χ4n) is 3.68. The van der Waals surface area contributed by atoms with Gasteiger partial charge in [-0.05, 0) is 6.92 Å². The molecular weight excluding hydrogens is 484 g/mol. The number of rotatable bonds is 13. The molecule has 0 radical (unpaired) electrons. The minimum Gasteiger partial charge on any atom is -0.480 e. The zero-order chi connectivity index (χ0) is 25.9. The Morgan fingerprint density at radius 3 is 1.76 bits per heavy atom. The summed E-state index contributed by atoms with van der Waals surface area (Å²) in [4.78, 5) is 41.5. The van der Waals surface area contributed by atoms with Gasteiger partial charge in [-0.3, -0.25) is 4.79 Å². The van der Waals surface area contributed by atoms with Crippen LogP contribution in [0.3, 0.4) is 0 Å².